The minimum Gasteiger partial charge on any atom is -0.480 e. The minimum absolute atomic E-state index is 0.122. The fraction of sp³-hybridized carbons (Fsp3) is 0.400. The lowest BCUT2D eigenvalue weighted by Gasteiger charge is -2.16. The van der Waals surface area contributed by atoms with Crippen molar-refractivity contribution in [2.75, 3.05) is 0 Å². The van der Waals surface area contributed by atoms with Gasteiger partial charge in [-0.2, -0.15) is 0 Å². The highest BCUT2D eigenvalue weighted by molar-refractivity contribution is 6.33. The van der Waals surface area contributed by atoms with E-state index in [1.807, 2.05) is 13.8 Å². The number of rotatable bonds is 1. The van der Waals surface area contributed by atoms with Crippen LogP contribution >= 0.6 is 11.6 Å². The fourth-order valence-electron chi connectivity index (χ4n) is 1.78. The Morgan fingerprint density at radius 1 is 1.53 bits per heavy atom. The molecule has 0 fully saturated rings. The molecule has 0 atom stereocenters. The van der Waals surface area contributed by atoms with E-state index in [1.165, 1.54) is 0 Å². The molecule has 0 saturated carbocycles. The third-order valence-corrected chi connectivity index (χ3v) is 2.65. The first-order valence-corrected chi connectivity index (χ1v) is 4.93. The van der Waals surface area contributed by atoms with Gasteiger partial charge in [0.25, 0.3) is 0 Å². The molecule has 4 nitrogen and oxygen atoms in total. The summed E-state index contributed by atoms with van der Waals surface area (Å²) in [6.07, 6.45) is 0.667. The van der Waals surface area contributed by atoms with Gasteiger partial charge >= 0.3 is 5.69 Å². The van der Waals surface area contributed by atoms with Crippen LogP contribution in [0, 0.1) is 10.1 Å². The lowest BCUT2D eigenvalue weighted by Crippen LogP contribution is -2.24. The molecular formula is C10H10ClNO3. The van der Waals surface area contributed by atoms with Gasteiger partial charge in [0.05, 0.1) is 4.92 Å². The van der Waals surface area contributed by atoms with Crippen LogP contribution < -0.4 is 4.74 Å². The topological polar surface area (TPSA) is 52.4 Å². The molecule has 0 spiro atoms. The van der Waals surface area contributed by atoms with Crippen molar-refractivity contribution in [3.63, 3.8) is 0 Å². The van der Waals surface area contributed by atoms with Crippen molar-refractivity contribution in [2.45, 2.75) is 25.9 Å². The largest absolute Gasteiger partial charge is 0.480 e. The first-order chi connectivity index (χ1) is 6.91. The lowest BCUT2D eigenvalue weighted by molar-refractivity contribution is -0.385. The van der Waals surface area contributed by atoms with Crippen molar-refractivity contribution in [2.24, 2.45) is 0 Å². The number of ether oxygens (including phenoxy) is 1. The molecule has 0 aliphatic carbocycles. The van der Waals surface area contributed by atoms with Gasteiger partial charge in [0.15, 0.2) is 0 Å². The molecule has 1 aliphatic rings. The Morgan fingerprint density at radius 2 is 2.20 bits per heavy atom. The zero-order chi connectivity index (χ0) is 11.2. The summed E-state index contributed by atoms with van der Waals surface area (Å²) in [5.74, 6) is 0.317. The number of nitro groups is 1. The lowest BCUT2D eigenvalue weighted by atomic mass is 10.0. The maximum Gasteiger partial charge on any atom is 0.329 e. The molecule has 5 heteroatoms. The van der Waals surface area contributed by atoms with Crippen LogP contribution in [0.25, 0.3) is 0 Å². The van der Waals surface area contributed by atoms with E-state index >= 15 is 0 Å². The van der Waals surface area contributed by atoms with Gasteiger partial charge in [-0.05, 0) is 19.9 Å². The van der Waals surface area contributed by atoms with Crippen molar-refractivity contribution in [1.82, 2.24) is 0 Å². The van der Waals surface area contributed by atoms with Crippen LogP contribution in [-0.4, -0.2) is 10.5 Å². The Hall–Kier alpha value is -1.29. The third kappa shape index (κ3) is 1.65. The summed E-state index contributed by atoms with van der Waals surface area (Å²) in [6, 6.07) is 3.32. The standard InChI is InChI=1S/C10H10ClNO3/c1-10(2)5-6-3-4-7(11)8(12(13)14)9(6)15-10/h3-4H,5H2,1-2H3. The Kier molecular flexibility index (Phi) is 2.12. The summed E-state index contributed by atoms with van der Waals surface area (Å²) in [7, 11) is 0. The van der Waals surface area contributed by atoms with Gasteiger partial charge in [-0.3, -0.25) is 10.1 Å². The maximum atomic E-state index is 10.8. The van der Waals surface area contributed by atoms with Crippen molar-refractivity contribution >= 4 is 17.3 Å². The second-order valence-corrected chi connectivity index (χ2v) is 4.59. The van der Waals surface area contributed by atoms with Crippen LogP contribution in [0.4, 0.5) is 5.69 Å². The molecule has 0 radical (unpaired) electrons. The Balaban J connectivity index is 2.60. The van der Waals surface area contributed by atoms with E-state index in [-0.39, 0.29) is 10.7 Å². The first-order valence-electron chi connectivity index (χ1n) is 4.55. The minimum atomic E-state index is -0.497. The normalized spacial score (nSPS) is 17.0. The van der Waals surface area contributed by atoms with Crippen LogP contribution in [0.1, 0.15) is 19.4 Å². The Bertz CT molecular complexity index is 443. The van der Waals surface area contributed by atoms with E-state index in [9.17, 15) is 10.1 Å². The smallest absolute Gasteiger partial charge is 0.329 e. The van der Waals surface area contributed by atoms with Crippen molar-refractivity contribution in [1.29, 1.82) is 0 Å². The van der Waals surface area contributed by atoms with Gasteiger partial charge in [0, 0.05) is 12.0 Å². The molecule has 0 saturated heterocycles. The highest BCUT2D eigenvalue weighted by Crippen LogP contribution is 2.44. The zero-order valence-electron chi connectivity index (χ0n) is 8.41. The van der Waals surface area contributed by atoms with Crippen LogP contribution in [0.3, 0.4) is 0 Å². The van der Waals surface area contributed by atoms with Gasteiger partial charge in [0.1, 0.15) is 10.6 Å². The highest BCUT2D eigenvalue weighted by Gasteiger charge is 2.36. The number of hydrogen-bond acceptors (Lipinski definition) is 3. The van der Waals surface area contributed by atoms with Gasteiger partial charge in [-0.25, -0.2) is 0 Å². The summed E-state index contributed by atoms with van der Waals surface area (Å²) < 4.78 is 5.54. The van der Waals surface area contributed by atoms with E-state index in [4.69, 9.17) is 16.3 Å². The van der Waals surface area contributed by atoms with Crippen LogP contribution in [0.2, 0.25) is 5.02 Å². The summed E-state index contributed by atoms with van der Waals surface area (Å²) in [6.45, 7) is 3.79. The molecule has 0 N–H and O–H groups in total. The van der Waals surface area contributed by atoms with Crippen LogP contribution in [-0.2, 0) is 6.42 Å². The summed E-state index contributed by atoms with van der Waals surface area (Å²) in [5.41, 5.74) is 0.327. The van der Waals surface area contributed by atoms with Gasteiger partial charge < -0.3 is 4.74 Å². The molecule has 1 aromatic carbocycles. The van der Waals surface area contributed by atoms with Crippen molar-refractivity contribution in [3.05, 3.63) is 32.8 Å². The summed E-state index contributed by atoms with van der Waals surface area (Å²) in [5, 5.41) is 11.0. The van der Waals surface area contributed by atoms with Crippen LogP contribution in [0.5, 0.6) is 5.75 Å². The molecule has 2 rings (SSSR count). The first kappa shape index (κ1) is 10.2. The van der Waals surface area contributed by atoms with Gasteiger partial charge in [0.2, 0.25) is 5.75 Å². The molecule has 1 aliphatic heterocycles. The van der Waals surface area contributed by atoms with E-state index in [0.29, 0.717) is 12.2 Å². The molecule has 80 valence electrons. The molecule has 0 amide bonds. The number of benzene rings is 1. The fourth-order valence-corrected chi connectivity index (χ4v) is 2.00. The van der Waals surface area contributed by atoms with Crippen molar-refractivity contribution < 1.29 is 9.66 Å². The van der Waals surface area contributed by atoms with Gasteiger partial charge in [-0.15, -0.1) is 0 Å². The average molecular weight is 228 g/mol. The van der Waals surface area contributed by atoms with E-state index in [2.05, 4.69) is 0 Å². The molecule has 15 heavy (non-hydrogen) atoms. The predicted octanol–water partition coefficient (Wildman–Crippen LogP) is 2.96. The van der Waals surface area contributed by atoms with Gasteiger partial charge in [-0.1, -0.05) is 17.7 Å². The molecule has 0 aromatic heterocycles. The number of nitro benzene ring substituents is 1. The molecule has 0 unspecified atom stereocenters. The SMILES string of the molecule is CC1(C)Cc2ccc(Cl)c([N+](=O)[O-])c2O1. The number of nitrogens with zero attached hydrogens (tertiary/aromatic N) is 1. The quantitative estimate of drug-likeness (QED) is 0.548. The van der Waals surface area contributed by atoms with Crippen molar-refractivity contribution in [3.8, 4) is 5.75 Å². The zero-order valence-corrected chi connectivity index (χ0v) is 9.17. The predicted molar refractivity (Wildman–Crippen MR) is 56.5 cm³/mol. The Labute approximate surface area is 92.0 Å². The second-order valence-electron chi connectivity index (χ2n) is 4.18. The number of halogens is 1. The molecule has 1 heterocycles. The molecule has 1 aromatic rings. The monoisotopic (exact) mass is 227 g/mol. The highest BCUT2D eigenvalue weighted by atomic mass is 35.5. The third-order valence-electron chi connectivity index (χ3n) is 2.34. The maximum absolute atomic E-state index is 10.8. The second kappa shape index (κ2) is 3.10. The summed E-state index contributed by atoms with van der Waals surface area (Å²) in [4.78, 5) is 10.3. The summed E-state index contributed by atoms with van der Waals surface area (Å²) >= 11 is 5.77. The molecular weight excluding hydrogens is 218 g/mol. The number of hydrogen-bond donors (Lipinski definition) is 0. The Morgan fingerprint density at radius 3 is 2.80 bits per heavy atom. The molecule has 0 bridgehead atoms. The van der Waals surface area contributed by atoms with E-state index in [1.54, 1.807) is 12.1 Å². The number of fused-ring (bicyclic) bond motifs is 1. The van der Waals surface area contributed by atoms with E-state index < -0.39 is 10.5 Å². The van der Waals surface area contributed by atoms with E-state index in [0.717, 1.165) is 5.56 Å². The average Bonchev–Trinajstić information content (AvgIpc) is 2.37. The van der Waals surface area contributed by atoms with Crippen LogP contribution in [0.15, 0.2) is 12.1 Å².